The summed E-state index contributed by atoms with van der Waals surface area (Å²) < 4.78 is 18.5. The van der Waals surface area contributed by atoms with Crippen LogP contribution in [0.15, 0.2) is 89.2 Å². The quantitative estimate of drug-likeness (QED) is 0.197. The van der Waals surface area contributed by atoms with E-state index < -0.39 is 4.92 Å². The molecule has 0 N–H and O–H groups in total. The predicted octanol–water partition coefficient (Wildman–Crippen LogP) is 6.30. The molecule has 0 aliphatic carbocycles. The SMILES string of the molecule is COc1ccc2cc(-c3csc(=Nc4ccccc4[N+](=O)[O-])n3Cc3ccc4c(c3)OCO4)ccc2c1. The molecule has 1 aliphatic heterocycles. The summed E-state index contributed by atoms with van der Waals surface area (Å²) in [7, 11) is 1.65. The van der Waals surface area contributed by atoms with Gasteiger partial charge in [0.15, 0.2) is 16.3 Å². The van der Waals surface area contributed by atoms with Crippen LogP contribution in [-0.2, 0) is 6.54 Å². The largest absolute Gasteiger partial charge is 0.497 e. The molecular weight excluding hydrogens is 490 g/mol. The molecule has 1 aliphatic rings. The molecule has 2 heterocycles. The molecule has 37 heavy (non-hydrogen) atoms. The number of nitro benzene ring substituents is 1. The van der Waals surface area contributed by atoms with Gasteiger partial charge in [-0.3, -0.25) is 10.1 Å². The van der Waals surface area contributed by atoms with Gasteiger partial charge in [0, 0.05) is 11.4 Å². The summed E-state index contributed by atoms with van der Waals surface area (Å²) in [4.78, 5) is 16.6. The molecule has 0 atom stereocenters. The Hall–Kier alpha value is -4.63. The van der Waals surface area contributed by atoms with Crippen molar-refractivity contribution in [3.05, 3.63) is 105 Å². The molecule has 0 spiro atoms. The van der Waals surface area contributed by atoms with Gasteiger partial charge < -0.3 is 18.8 Å². The summed E-state index contributed by atoms with van der Waals surface area (Å²) in [6.45, 7) is 0.700. The summed E-state index contributed by atoms with van der Waals surface area (Å²) in [6, 6.07) is 24.6. The highest BCUT2D eigenvalue weighted by molar-refractivity contribution is 7.07. The number of rotatable bonds is 6. The first-order valence-corrected chi connectivity index (χ1v) is 12.4. The monoisotopic (exact) mass is 511 g/mol. The molecule has 8 nitrogen and oxygen atoms in total. The highest BCUT2D eigenvalue weighted by Crippen LogP contribution is 2.34. The van der Waals surface area contributed by atoms with Gasteiger partial charge in [0.25, 0.3) is 5.69 Å². The summed E-state index contributed by atoms with van der Waals surface area (Å²) in [5, 5.41) is 15.8. The molecule has 0 radical (unpaired) electrons. The highest BCUT2D eigenvalue weighted by Gasteiger charge is 2.17. The van der Waals surface area contributed by atoms with Crippen LogP contribution in [0, 0.1) is 10.1 Å². The van der Waals surface area contributed by atoms with E-state index in [1.54, 1.807) is 25.3 Å². The maximum atomic E-state index is 11.6. The standard InChI is InChI=1S/C28H21N3O5S/c1-34-22-10-9-19-13-21(8-7-20(19)14-22)25-16-37-28(29-23-4-2-3-5-24(23)31(32)33)30(25)15-18-6-11-26-27(12-18)36-17-35-26/h2-14,16H,15,17H2,1H3. The summed E-state index contributed by atoms with van der Waals surface area (Å²) in [6.07, 6.45) is 0. The molecule has 0 saturated heterocycles. The number of benzene rings is 4. The van der Waals surface area contributed by atoms with Crippen LogP contribution in [0.3, 0.4) is 0 Å². The van der Waals surface area contributed by atoms with Gasteiger partial charge in [-0.1, -0.05) is 36.4 Å². The zero-order valence-corrected chi connectivity index (χ0v) is 20.6. The average Bonchev–Trinajstić information content (AvgIpc) is 3.55. The number of nitro groups is 1. The van der Waals surface area contributed by atoms with Crippen LogP contribution in [0.5, 0.6) is 17.2 Å². The first kappa shape index (κ1) is 22.8. The third kappa shape index (κ3) is 4.41. The fourth-order valence-electron chi connectivity index (χ4n) is 4.35. The van der Waals surface area contributed by atoms with Crippen molar-refractivity contribution < 1.29 is 19.1 Å². The van der Waals surface area contributed by atoms with Crippen molar-refractivity contribution >= 4 is 33.5 Å². The fraction of sp³-hybridized carbons (Fsp3) is 0.107. The van der Waals surface area contributed by atoms with Crippen LogP contribution in [0.1, 0.15) is 5.56 Å². The second-order valence-electron chi connectivity index (χ2n) is 8.46. The van der Waals surface area contributed by atoms with Gasteiger partial charge in [-0.25, -0.2) is 4.99 Å². The number of thiazole rings is 1. The van der Waals surface area contributed by atoms with Crippen LogP contribution in [0.25, 0.3) is 22.0 Å². The molecule has 0 fully saturated rings. The van der Waals surface area contributed by atoms with E-state index in [4.69, 9.17) is 19.2 Å². The minimum atomic E-state index is -0.410. The molecule has 0 amide bonds. The summed E-state index contributed by atoms with van der Waals surface area (Å²) in [5.41, 5.74) is 3.24. The van der Waals surface area contributed by atoms with Crippen LogP contribution >= 0.6 is 11.3 Å². The molecule has 4 aromatic carbocycles. The highest BCUT2D eigenvalue weighted by atomic mass is 32.1. The maximum absolute atomic E-state index is 11.6. The Labute approximate surface area is 215 Å². The number of ether oxygens (including phenoxy) is 3. The first-order valence-electron chi connectivity index (χ1n) is 11.5. The molecular formula is C28H21N3O5S. The topological polar surface area (TPSA) is 88.1 Å². The Bertz CT molecular complexity index is 1720. The van der Waals surface area contributed by atoms with Gasteiger partial charge >= 0.3 is 0 Å². The van der Waals surface area contributed by atoms with Crippen LogP contribution < -0.4 is 19.0 Å². The smallest absolute Gasteiger partial charge is 0.294 e. The lowest BCUT2D eigenvalue weighted by molar-refractivity contribution is -0.384. The Kier molecular flexibility index (Phi) is 5.82. The van der Waals surface area contributed by atoms with Gasteiger partial charge in [0.1, 0.15) is 11.4 Å². The number of fused-ring (bicyclic) bond motifs is 2. The summed E-state index contributed by atoms with van der Waals surface area (Å²) in [5.74, 6) is 2.22. The van der Waals surface area contributed by atoms with Crippen molar-refractivity contribution in [1.82, 2.24) is 4.57 Å². The van der Waals surface area contributed by atoms with E-state index in [1.807, 2.05) is 41.8 Å². The van der Waals surface area contributed by atoms with E-state index in [-0.39, 0.29) is 12.5 Å². The molecule has 0 saturated carbocycles. The number of hydrogen-bond donors (Lipinski definition) is 0. The van der Waals surface area contributed by atoms with Crippen molar-refractivity contribution in [3.63, 3.8) is 0 Å². The lowest BCUT2D eigenvalue weighted by atomic mass is 10.0. The van der Waals surface area contributed by atoms with Gasteiger partial charge in [-0.15, -0.1) is 11.3 Å². The molecule has 9 heteroatoms. The normalized spacial score (nSPS) is 12.7. The van der Waals surface area contributed by atoms with E-state index in [1.165, 1.54) is 17.4 Å². The van der Waals surface area contributed by atoms with Crippen molar-refractivity contribution in [2.24, 2.45) is 4.99 Å². The summed E-state index contributed by atoms with van der Waals surface area (Å²) >= 11 is 1.44. The lowest BCUT2D eigenvalue weighted by Gasteiger charge is -2.11. The Morgan fingerprint density at radius 1 is 1.00 bits per heavy atom. The molecule has 0 bridgehead atoms. The Balaban J connectivity index is 1.50. The average molecular weight is 512 g/mol. The van der Waals surface area contributed by atoms with Crippen LogP contribution in [0.4, 0.5) is 11.4 Å². The molecule has 1 aromatic heterocycles. The van der Waals surface area contributed by atoms with E-state index in [9.17, 15) is 10.1 Å². The number of aromatic nitrogens is 1. The van der Waals surface area contributed by atoms with E-state index in [0.29, 0.717) is 28.5 Å². The van der Waals surface area contributed by atoms with Crippen molar-refractivity contribution in [1.29, 1.82) is 0 Å². The number of hydrogen-bond acceptors (Lipinski definition) is 7. The van der Waals surface area contributed by atoms with Crippen molar-refractivity contribution in [3.8, 4) is 28.5 Å². The van der Waals surface area contributed by atoms with Crippen molar-refractivity contribution in [2.45, 2.75) is 6.54 Å². The first-order chi connectivity index (χ1) is 18.1. The second kappa shape index (κ2) is 9.44. The molecule has 184 valence electrons. The number of nitrogens with zero attached hydrogens (tertiary/aromatic N) is 3. The molecule has 5 aromatic rings. The minimum absolute atomic E-state index is 0.0354. The second-order valence-corrected chi connectivity index (χ2v) is 9.30. The fourth-order valence-corrected chi connectivity index (χ4v) is 5.27. The van der Waals surface area contributed by atoms with E-state index >= 15 is 0 Å². The lowest BCUT2D eigenvalue weighted by Crippen LogP contribution is -2.16. The Morgan fingerprint density at radius 2 is 1.81 bits per heavy atom. The third-order valence-electron chi connectivity index (χ3n) is 6.21. The van der Waals surface area contributed by atoms with Crippen molar-refractivity contribution in [2.75, 3.05) is 13.9 Å². The van der Waals surface area contributed by atoms with Crippen LogP contribution in [0.2, 0.25) is 0 Å². The van der Waals surface area contributed by atoms with Gasteiger partial charge in [0.2, 0.25) is 6.79 Å². The third-order valence-corrected chi connectivity index (χ3v) is 7.08. The zero-order valence-electron chi connectivity index (χ0n) is 19.8. The van der Waals surface area contributed by atoms with Crippen LogP contribution in [-0.4, -0.2) is 23.4 Å². The van der Waals surface area contributed by atoms with E-state index in [2.05, 4.69) is 22.8 Å². The van der Waals surface area contributed by atoms with Gasteiger partial charge in [-0.2, -0.15) is 0 Å². The maximum Gasteiger partial charge on any atom is 0.294 e. The molecule has 0 unspecified atom stereocenters. The Morgan fingerprint density at radius 3 is 2.68 bits per heavy atom. The zero-order chi connectivity index (χ0) is 25.4. The minimum Gasteiger partial charge on any atom is -0.497 e. The molecule has 6 rings (SSSR count). The number of para-hydroxylation sites is 2. The predicted molar refractivity (Wildman–Crippen MR) is 142 cm³/mol. The number of methoxy groups -OCH3 is 1. The van der Waals surface area contributed by atoms with Gasteiger partial charge in [-0.05, 0) is 58.3 Å². The van der Waals surface area contributed by atoms with E-state index in [0.717, 1.165) is 33.3 Å². The van der Waals surface area contributed by atoms with Gasteiger partial charge in [0.05, 0.1) is 24.3 Å².